The fraction of sp³-hybridized carbons (Fsp3) is 0.462. The van der Waals surface area contributed by atoms with E-state index < -0.39 is 5.82 Å². The number of carbonyl (C=O) groups is 1. The van der Waals surface area contributed by atoms with Gasteiger partial charge in [0.25, 0.3) is 5.91 Å². The molecule has 0 bridgehead atoms. The summed E-state index contributed by atoms with van der Waals surface area (Å²) in [7, 11) is 0. The third-order valence-electron chi connectivity index (χ3n) is 3.38. The van der Waals surface area contributed by atoms with Crippen molar-refractivity contribution >= 4 is 5.91 Å². The van der Waals surface area contributed by atoms with Crippen molar-refractivity contribution in [2.75, 3.05) is 13.1 Å². The molecule has 4 nitrogen and oxygen atoms in total. The van der Waals surface area contributed by atoms with E-state index in [1.807, 2.05) is 6.92 Å². The van der Waals surface area contributed by atoms with Crippen LogP contribution in [0, 0.1) is 22.6 Å². The fourth-order valence-electron chi connectivity index (χ4n) is 2.03. The summed E-state index contributed by atoms with van der Waals surface area (Å²) in [5.41, 5.74) is -0.0905. The molecule has 0 aromatic carbocycles. The van der Waals surface area contributed by atoms with Crippen LogP contribution < -0.4 is 0 Å². The molecule has 2 rings (SSSR count). The fourth-order valence-corrected chi connectivity index (χ4v) is 2.03. The predicted octanol–water partition coefficient (Wildman–Crippen LogP) is 1.99. The molecule has 1 fully saturated rings. The van der Waals surface area contributed by atoms with Crippen molar-refractivity contribution in [3.05, 3.63) is 29.8 Å². The van der Waals surface area contributed by atoms with E-state index in [0.717, 1.165) is 6.20 Å². The van der Waals surface area contributed by atoms with Gasteiger partial charge in [-0.25, -0.2) is 4.39 Å². The van der Waals surface area contributed by atoms with Crippen LogP contribution in [0.4, 0.5) is 4.39 Å². The summed E-state index contributed by atoms with van der Waals surface area (Å²) >= 11 is 0. The number of hydrogen-bond donors (Lipinski definition) is 0. The van der Waals surface area contributed by atoms with Crippen LogP contribution in [0.2, 0.25) is 0 Å². The van der Waals surface area contributed by atoms with Gasteiger partial charge in [0.2, 0.25) is 0 Å². The molecular formula is C13H14FN3O. The Bertz CT molecular complexity index is 501. The molecule has 1 aliphatic heterocycles. The van der Waals surface area contributed by atoms with Crippen LogP contribution in [0.5, 0.6) is 0 Å². The zero-order valence-electron chi connectivity index (χ0n) is 10.2. The van der Waals surface area contributed by atoms with Gasteiger partial charge < -0.3 is 4.90 Å². The van der Waals surface area contributed by atoms with E-state index in [4.69, 9.17) is 5.26 Å². The van der Waals surface area contributed by atoms with E-state index >= 15 is 0 Å². The Kier molecular flexibility index (Phi) is 3.28. The van der Waals surface area contributed by atoms with Gasteiger partial charge in [0.15, 0.2) is 0 Å². The predicted molar refractivity (Wildman–Crippen MR) is 63.1 cm³/mol. The third kappa shape index (κ3) is 2.48. The number of likely N-dealkylation sites (tertiary alicyclic amines) is 1. The number of nitriles is 1. The zero-order valence-corrected chi connectivity index (χ0v) is 10.2. The Labute approximate surface area is 105 Å². The highest BCUT2D eigenvalue weighted by atomic mass is 19.1. The van der Waals surface area contributed by atoms with Gasteiger partial charge in [-0.2, -0.15) is 5.26 Å². The van der Waals surface area contributed by atoms with Crippen molar-refractivity contribution in [1.29, 1.82) is 5.26 Å². The van der Waals surface area contributed by atoms with E-state index in [9.17, 15) is 9.18 Å². The van der Waals surface area contributed by atoms with Crippen LogP contribution >= 0.6 is 0 Å². The van der Waals surface area contributed by atoms with Gasteiger partial charge in [-0.05, 0) is 25.8 Å². The van der Waals surface area contributed by atoms with Crippen molar-refractivity contribution in [2.45, 2.75) is 19.8 Å². The number of piperidine rings is 1. The number of rotatable bonds is 1. The van der Waals surface area contributed by atoms with Gasteiger partial charge in [0.1, 0.15) is 5.82 Å². The Morgan fingerprint density at radius 2 is 2.17 bits per heavy atom. The molecule has 1 saturated heterocycles. The van der Waals surface area contributed by atoms with Crippen LogP contribution in [-0.2, 0) is 0 Å². The highest BCUT2D eigenvalue weighted by Crippen LogP contribution is 2.30. The monoisotopic (exact) mass is 247 g/mol. The molecule has 1 aromatic rings. The van der Waals surface area contributed by atoms with Gasteiger partial charge in [0.05, 0.1) is 23.2 Å². The molecule has 2 heterocycles. The second-order valence-corrected chi connectivity index (χ2v) is 4.86. The van der Waals surface area contributed by atoms with E-state index in [-0.39, 0.29) is 16.9 Å². The topological polar surface area (TPSA) is 57.0 Å². The first kappa shape index (κ1) is 12.5. The van der Waals surface area contributed by atoms with Gasteiger partial charge in [-0.15, -0.1) is 0 Å². The number of amides is 1. The summed E-state index contributed by atoms with van der Waals surface area (Å²) in [5.74, 6) is -0.735. The first-order chi connectivity index (χ1) is 8.54. The summed E-state index contributed by atoms with van der Waals surface area (Å²) in [4.78, 5) is 17.4. The minimum absolute atomic E-state index is 0.220. The molecule has 0 spiro atoms. The molecule has 1 aliphatic rings. The van der Waals surface area contributed by atoms with Crippen molar-refractivity contribution in [1.82, 2.24) is 9.88 Å². The summed E-state index contributed by atoms with van der Waals surface area (Å²) in [6.07, 6.45) is 3.74. The summed E-state index contributed by atoms with van der Waals surface area (Å²) in [5, 5.41) is 9.02. The quantitative estimate of drug-likeness (QED) is 0.762. The van der Waals surface area contributed by atoms with Gasteiger partial charge in [0, 0.05) is 19.3 Å². The smallest absolute Gasteiger partial charge is 0.255 e. The molecule has 1 amide bonds. The van der Waals surface area contributed by atoms with Crippen LogP contribution in [-0.4, -0.2) is 28.9 Å². The average Bonchev–Trinajstić information content (AvgIpc) is 2.39. The van der Waals surface area contributed by atoms with Crippen LogP contribution in [0.1, 0.15) is 30.1 Å². The molecule has 0 N–H and O–H groups in total. The zero-order chi connectivity index (χ0) is 13.2. The standard InChI is InChI=1S/C13H14FN3O/c1-13(9-15)2-4-17(5-3-13)12(18)10-6-11(14)8-16-7-10/h6-8H,2-5H2,1H3. The maximum absolute atomic E-state index is 13.0. The van der Waals surface area contributed by atoms with Crippen molar-refractivity contribution in [3.63, 3.8) is 0 Å². The van der Waals surface area contributed by atoms with Crippen molar-refractivity contribution in [2.24, 2.45) is 5.41 Å². The molecule has 0 unspecified atom stereocenters. The molecule has 94 valence electrons. The Morgan fingerprint density at radius 3 is 2.72 bits per heavy atom. The van der Waals surface area contributed by atoms with Crippen LogP contribution in [0.15, 0.2) is 18.5 Å². The highest BCUT2D eigenvalue weighted by Gasteiger charge is 2.32. The van der Waals surface area contributed by atoms with Crippen molar-refractivity contribution in [3.8, 4) is 6.07 Å². The summed E-state index contributed by atoms with van der Waals surface area (Å²) < 4.78 is 13.0. The molecule has 0 aliphatic carbocycles. The first-order valence-corrected chi connectivity index (χ1v) is 5.85. The molecule has 18 heavy (non-hydrogen) atoms. The number of nitrogens with zero attached hydrogens (tertiary/aromatic N) is 3. The van der Waals surface area contributed by atoms with E-state index in [0.29, 0.717) is 25.9 Å². The van der Waals surface area contributed by atoms with E-state index in [1.165, 1.54) is 12.3 Å². The van der Waals surface area contributed by atoms with Gasteiger partial charge in [-0.3, -0.25) is 9.78 Å². The number of carbonyl (C=O) groups excluding carboxylic acids is 1. The van der Waals surface area contributed by atoms with Crippen LogP contribution in [0.25, 0.3) is 0 Å². The SMILES string of the molecule is CC1(C#N)CCN(C(=O)c2cncc(F)c2)CC1. The van der Waals surface area contributed by atoms with Crippen molar-refractivity contribution < 1.29 is 9.18 Å². The second kappa shape index (κ2) is 4.73. The second-order valence-electron chi connectivity index (χ2n) is 4.86. The molecule has 0 saturated carbocycles. The minimum atomic E-state index is -0.514. The van der Waals surface area contributed by atoms with E-state index in [1.54, 1.807) is 4.90 Å². The number of aromatic nitrogens is 1. The summed E-state index contributed by atoms with van der Waals surface area (Å²) in [6, 6.07) is 3.47. The lowest BCUT2D eigenvalue weighted by Crippen LogP contribution is -2.41. The lowest BCUT2D eigenvalue weighted by Gasteiger charge is -2.34. The number of hydrogen-bond acceptors (Lipinski definition) is 3. The lowest BCUT2D eigenvalue weighted by molar-refractivity contribution is 0.0660. The normalized spacial score (nSPS) is 18.2. The lowest BCUT2D eigenvalue weighted by atomic mass is 9.82. The molecule has 5 heteroatoms. The Balaban J connectivity index is 2.07. The largest absolute Gasteiger partial charge is 0.338 e. The molecule has 0 atom stereocenters. The average molecular weight is 247 g/mol. The summed E-state index contributed by atoms with van der Waals surface area (Å²) in [6.45, 7) is 2.96. The highest BCUT2D eigenvalue weighted by molar-refractivity contribution is 5.93. The molecular weight excluding hydrogens is 233 g/mol. The van der Waals surface area contributed by atoms with Gasteiger partial charge >= 0.3 is 0 Å². The Morgan fingerprint density at radius 1 is 1.50 bits per heavy atom. The number of pyridine rings is 1. The minimum Gasteiger partial charge on any atom is -0.338 e. The molecule has 1 aromatic heterocycles. The third-order valence-corrected chi connectivity index (χ3v) is 3.38. The molecule has 0 radical (unpaired) electrons. The Hall–Kier alpha value is -1.96. The van der Waals surface area contributed by atoms with E-state index in [2.05, 4.69) is 11.1 Å². The number of halogens is 1. The van der Waals surface area contributed by atoms with Crippen LogP contribution in [0.3, 0.4) is 0 Å². The maximum Gasteiger partial charge on any atom is 0.255 e. The first-order valence-electron chi connectivity index (χ1n) is 5.85. The maximum atomic E-state index is 13.0. The van der Waals surface area contributed by atoms with Gasteiger partial charge in [-0.1, -0.05) is 0 Å².